The maximum Gasteiger partial charge on any atom is 0.243 e. The Bertz CT molecular complexity index is 847. The number of sulfonamides is 1. The molecule has 0 radical (unpaired) electrons. The van der Waals surface area contributed by atoms with Crippen LogP contribution in [0.25, 0.3) is 0 Å². The number of aromatic nitrogens is 2. The van der Waals surface area contributed by atoms with Crippen LogP contribution in [0.5, 0.6) is 0 Å². The van der Waals surface area contributed by atoms with Gasteiger partial charge in [0.05, 0.1) is 10.6 Å². The van der Waals surface area contributed by atoms with Gasteiger partial charge < -0.3 is 5.32 Å². The zero-order valence-corrected chi connectivity index (χ0v) is 16.5. The number of rotatable bonds is 8. The fourth-order valence-electron chi connectivity index (χ4n) is 3.49. The van der Waals surface area contributed by atoms with Crippen molar-refractivity contribution in [1.82, 2.24) is 19.4 Å². The molecule has 2 heterocycles. The zero-order chi connectivity index (χ0) is 19.3. The van der Waals surface area contributed by atoms with Crippen molar-refractivity contribution in [2.24, 2.45) is 0 Å². The van der Waals surface area contributed by atoms with E-state index in [1.807, 2.05) is 13.0 Å². The van der Waals surface area contributed by atoms with Gasteiger partial charge in [-0.25, -0.2) is 12.8 Å². The molecule has 0 spiro atoms. The van der Waals surface area contributed by atoms with Crippen molar-refractivity contribution in [2.75, 3.05) is 19.6 Å². The number of halogens is 1. The summed E-state index contributed by atoms with van der Waals surface area (Å²) in [6.45, 7) is 3.94. The Hall–Kier alpha value is -1.77. The van der Waals surface area contributed by atoms with Crippen LogP contribution < -0.4 is 5.32 Å². The molecule has 1 aromatic carbocycles. The predicted octanol–water partition coefficient (Wildman–Crippen LogP) is 2.49. The Balaban J connectivity index is 1.75. The normalized spacial score (nSPS) is 16.1. The van der Waals surface area contributed by atoms with E-state index >= 15 is 0 Å². The number of nitrogens with one attached hydrogen (secondary N) is 1. The lowest BCUT2D eigenvalue weighted by Crippen LogP contribution is -2.46. The molecule has 148 valence electrons. The maximum atomic E-state index is 13.3. The van der Waals surface area contributed by atoms with Crippen molar-refractivity contribution in [3.8, 4) is 0 Å². The van der Waals surface area contributed by atoms with Crippen LogP contribution >= 0.6 is 0 Å². The summed E-state index contributed by atoms with van der Waals surface area (Å²) in [6.07, 6.45) is 3.97. The fraction of sp³-hybridized carbons (Fsp3) is 0.526. The quantitative estimate of drug-likeness (QED) is 0.747. The summed E-state index contributed by atoms with van der Waals surface area (Å²) in [4.78, 5) is 0.347. The van der Waals surface area contributed by atoms with Gasteiger partial charge in [0, 0.05) is 25.3 Å². The third-order valence-corrected chi connectivity index (χ3v) is 6.86. The summed E-state index contributed by atoms with van der Waals surface area (Å²) in [7, 11) is -3.56. The third-order valence-electron chi connectivity index (χ3n) is 4.91. The molecule has 6 nitrogen and oxygen atoms in total. The van der Waals surface area contributed by atoms with Crippen LogP contribution in [-0.2, 0) is 23.2 Å². The smallest absolute Gasteiger partial charge is 0.243 e. The molecule has 1 fully saturated rings. The first-order valence-corrected chi connectivity index (χ1v) is 10.8. The summed E-state index contributed by atoms with van der Waals surface area (Å²) in [5.74, 6) is 0. The summed E-state index contributed by atoms with van der Waals surface area (Å²) in [5.41, 5.74) is 1.33. The van der Waals surface area contributed by atoms with Gasteiger partial charge in [-0.1, -0.05) is 12.1 Å². The maximum absolute atomic E-state index is 13.3. The second-order valence-corrected chi connectivity index (χ2v) is 8.86. The van der Waals surface area contributed by atoms with Crippen molar-refractivity contribution in [3.63, 3.8) is 0 Å². The Morgan fingerprint density at radius 1 is 1.30 bits per heavy atom. The molecule has 8 heteroatoms. The van der Waals surface area contributed by atoms with E-state index in [4.69, 9.17) is 0 Å². The molecule has 1 N–H and O–H groups in total. The Kier molecular flexibility index (Phi) is 6.62. The third kappa shape index (κ3) is 4.94. The van der Waals surface area contributed by atoms with Crippen LogP contribution in [-0.4, -0.2) is 48.2 Å². The summed E-state index contributed by atoms with van der Waals surface area (Å²) >= 11 is 0. The number of benzene rings is 1. The van der Waals surface area contributed by atoms with Crippen LogP contribution in [0, 0.1) is 6.92 Å². The Morgan fingerprint density at radius 2 is 2.07 bits per heavy atom. The predicted molar refractivity (Wildman–Crippen MR) is 103 cm³/mol. The largest absolute Gasteiger partial charge is 0.317 e. The van der Waals surface area contributed by atoms with Gasteiger partial charge in [-0.05, 0) is 63.0 Å². The molecule has 0 unspecified atom stereocenters. The Morgan fingerprint density at radius 3 is 2.74 bits per heavy atom. The van der Waals surface area contributed by atoms with Crippen LogP contribution in [0.4, 0.5) is 4.39 Å². The average Bonchev–Trinajstić information content (AvgIpc) is 3.14. The van der Waals surface area contributed by atoms with E-state index in [-0.39, 0.29) is 6.04 Å². The lowest BCUT2D eigenvalue weighted by Gasteiger charge is -2.34. The van der Waals surface area contributed by atoms with Crippen molar-refractivity contribution in [2.45, 2.75) is 50.3 Å². The Labute approximate surface area is 160 Å². The van der Waals surface area contributed by atoms with E-state index in [2.05, 4.69) is 10.4 Å². The van der Waals surface area contributed by atoms with E-state index in [9.17, 15) is 12.8 Å². The fourth-order valence-corrected chi connectivity index (χ4v) is 5.32. The number of alkyl halides is 1. The molecule has 1 aliphatic rings. The van der Waals surface area contributed by atoms with Gasteiger partial charge in [0.2, 0.25) is 10.0 Å². The van der Waals surface area contributed by atoms with Crippen molar-refractivity contribution < 1.29 is 12.8 Å². The van der Waals surface area contributed by atoms with Gasteiger partial charge in [-0.15, -0.1) is 0 Å². The topological polar surface area (TPSA) is 67.2 Å². The van der Waals surface area contributed by atoms with Crippen molar-refractivity contribution >= 4 is 10.0 Å². The number of aryl methyl sites for hydroxylation is 2. The number of nitrogens with zero attached hydrogens (tertiary/aromatic N) is 3. The molecule has 1 aromatic heterocycles. The molecule has 0 atom stereocenters. The first-order chi connectivity index (χ1) is 13.0. The highest BCUT2D eigenvalue weighted by Gasteiger charge is 2.32. The molecule has 0 aliphatic carbocycles. The molecule has 2 aromatic rings. The zero-order valence-electron chi connectivity index (χ0n) is 15.6. The second kappa shape index (κ2) is 8.95. The van der Waals surface area contributed by atoms with E-state index in [0.29, 0.717) is 30.1 Å². The molecule has 0 bridgehead atoms. The molecule has 1 aliphatic heterocycles. The van der Waals surface area contributed by atoms with E-state index < -0.39 is 16.7 Å². The molecule has 1 saturated heterocycles. The lowest BCUT2D eigenvalue weighted by molar-refractivity contribution is 0.255. The molecule has 0 amide bonds. The van der Waals surface area contributed by atoms with E-state index in [1.165, 1.54) is 0 Å². The highest BCUT2D eigenvalue weighted by Crippen LogP contribution is 2.23. The minimum atomic E-state index is -3.56. The van der Waals surface area contributed by atoms with Crippen LogP contribution in [0.3, 0.4) is 0 Å². The molecule has 3 rings (SSSR count). The van der Waals surface area contributed by atoms with Crippen molar-refractivity contribution in [1.29, 1.82) is 0 Å². The number of hydrogen-bond donors (Lipinski definition) is 1. The minimum absolute atomic E-state index is 0.00390. The molecule has 27 heavy (non-hydrogen) atoms. The van der Waals surface area contributed by atoms with E-state index in [0.717, 1.165) is 31.5 Å². The highest BCUT2D eigenvalue weighted by atomic mass is 32.2. The SMILES string of the molecule is Cc1cccc(S(=O)(=O)N(CCCn2ccc(CF)n2)C2CCNCC2)c1. The van der Waals surface area contributed by atoms with Gasteiger partial charge in [-0.3, -0.25) is 4.68 Å². The second-order valence-electron chi connectivity index (χ2n) is 6.97. The van der Waals surface area contributed by atoms with Gasteiger partial charge in [0.15, 0.2) is 0 Å². The number of hydrogen-bond acceptors (Lipinski definition) is 4. The molecule has 0 saturated carbocycles. The summed E-state index contributed by atoms with van der Waals surface area (Å²) < 4.78 is 42.6. The monoisotopic (exact) mass is 394 g/mol. The van der Waals surface area contributed by atoms with Gasteiger partial charge >= 0.3 is 0 Å². The first kappa shape index (κ1) is 20.0. The standard InChI is InChI=1S/C19H27FN4O2S/c1-16-4-2-5-19(14-16)27(25,26)24(18-6-9-21-10-7-18)12-3-11-23-13-8-17(15-20)22-23/h2,4-5,8,13-14,18,21H,3,6-7,9-12,15H2,1H3. The van der Waals surface area contributed by atoms with Crippen LogP contribution in [0.2, 0.25) is 0 Å². The molecular formula is C19H27FN4O2S. The average molecular weight is 395 g/mol. The van der Waals surface area contributed by atoms with Crippen molar-refractivity contribution in [3.05, 3.63) is 47.8 Å². The molecular weight excluding hydrogens is 367 g/mol. The van der Waals surface area contributed by atoms with Crippen LogP contribution in [0.1, 0.15) is 30.5 Å². The summed E-state index contributed by atoms with van der Waals surface area (Å²) in [6, 6.07) is 8.71. The summed E-state index contributed by atoms with van der Waals surface area (Å²) in [5, 5.41) is 7.42. The van der Waals surface area contributed by atoms with Gasteiger partial charge in [-0.2, -0.15) is 9.40 Å². The van der Waals surface area contributed by atoms with E-state index in [1.54, 1.807) is 39.4 Å². The first-order valence-electron chi connectivity index (χ1n) is 9.38. The highest BCUT2D eigenvalue weighted by molar-refractivity contribution is 7.89. The van der Waals surface area contributed by atoms with Crippen LogP contribution in [0.15, 0.2) is 41.4 Å². The van der Waals surface area contributed by atoms with Gasteiger partial charge in [0.25, 0.3) is 0 Å². The van der Waals surface area contributed by atoms with Gasteiger partial charge in [0.1, 0.15) is 6.67 Å². The number of piperidine rings is 1. The minimum Gasteiger partial charge on any atom is -0.317 e. The lowest BCUT2D eigenvalue weighted by atomic mass is 10.1.